The van der Waals surface area contributed by atoms with E-state index >= 15 is 0 Å². The molecule has 1 aliphatic heterocycles. The third kappa shape index (κ3) is 1.80. The van der Waals surface area contributed by atoms with Crippen LogP contribution in [0.4, 0.5) is 0 Å². The summed E-state index contributed by atoms with van der Waals surface area (Å²) < 4.78 is 0. The van der Waals surface area contributed by atoms with Crippen molar-refractivity contribution in [2.24, 2.45) is 5.92 Å². The van der Waals surface area contributed by atoms with Crippen molar-refractivity contribution in [1.29, 1.82) is 0 Å². The second kappa shape index (κ2) is 3.22. The highest BCUT2D eigenvalue weighted by Gasteiger charge is 2.50. The molecule has 2 rings (SSSR count). The van der Waals surface area contributed by atoms with Crippen LogP contribution in [0.25, 0.3) is 0 Å². The van der Waals surface area contributed by atoms with Gasteiger partial charge in [-0.2, -0.15) is 4.94 Å². The fourth-order valence-corrected chi connectivity index (χ4v) is 1.54. The molecule has 1 heterocycles. The molecule has 0 aromatic rings. The zero-order valence-electron chi connectivity index (χ0n) is 7.08. The Balaban J connectivity index is 1.92. The van der Waals surface area contributed by atoms with Gasteiger partial charge in [0.2, 0.25) is 0 Å². The molecule has 74 valence electrons. The maximum absolute atomic E-state index is 10.4. The topological polar surface area (TPSA) is 79.8 Å². The van der Waals surface area contributed by atoms with E-state index in [2.05, 4.69) is 16.1 Å². The number of nitrogens with one attached hydrogen (secondary N) is 2. The van der Waals surface area contributed by atoms with E-state index in [-0.39, 0.29) is 6.42 Å². The van der Waals surface area contributed by atoms with Crippen molar-refractivity contribution in [3.05, 3.63) is 0 Å². The van der Waals surface area contributed by atoms with Gasteiger partial charge in [-0.25, -0.2) is 0 Å². The summed E-state index contributed by atoms with van der Waals surface area (Å²) in [4.78, 5) is 20.2. The standard InChI is InChI=1S/C7H12N2O4/c10-6(11)3-4-7(5-1-2-5)8-13-9-12-7/h5,8-9H,1-4H2,(H,10,11)/t7-/m0/s1. The molecule has 0 aromatic carbocycles. The van der Waals surface area contributed by atoms with Crippen molar-refractivity contribution < 1.29 is 19.7 Å². The van der Waals surface area contributed by atoms with Crippen molar-refractivity contribution in [3.63, 3.8) is 0 Å². The first-order valence-electron chi connectivity index (χ1n) is 4.31. The molecule has 0 unspecified atom stereocenters. The predicted molar refractivity (Wildman–Crippen MR) is 40.8 cm³/mol. The molecule has 1 atom stereocenters. The van der Waals surface area contributed by atoms with E-state index in [0.29, 0.717) is 12.3 Å². The highest BCUT2D eigenvalue weighted by molar-refractivity contribution is 5.66. The minimum Gasteiger partial charge on any atom is -0.481 e. The average molecular weight is 188 g/mol. The molecule has 0 amide bonds. The first-order valence-corrected chi connectivity index (χ1v) is 4.31. The van der Waals surface area contributed by atoms with Gasteiger partial charge >= 0.3 is 5.97 Å². The number of carboxylic acids is 1. The zero-order valence-corrected chi connectivity index (χ0v) is 7.08. The summed E-state index contributed by atoms with van der Waals surface area (Å²) in [5.41, 5.74) is 4.32. The predicted octanol–water partition coefficient (Wildman–Crippen LogP) is -0.0715. The lowest BCUT2D eigenvalue weighted by molar-refractivity contribution is -0.143. The summed E-state index contributed by atoms with van der Waals surface area (Å²) >= 11 is 0. The highest BCUT2D eigenvalue weighted by atomic mass is 17.0. The van der Waals surface area contributed by atoms with E-state index in [1.165, 1.54) is 0 Å². The van der Waals surface area contributed by atoms with E-state index < -0.39 is 11.7 Å². The largest absolute Gasteiger partial charge is 0.481 e. The molecule has 3 N–H and O–H groups in total. The van der Waals surface area contributed by atoms with Crippen LogP contribution in [-0.2, 0) is 14.6 Å². The Hall–Kier alpha value is -0.690. The molecule has 1 saturated carbocycles. The maximum Gasteiger partial charge on any atom is 0.303 e. The quantitative estimate of drug-likeness (QED) is 0.573. The van der Waals surface area contributed by atoms with Crippen molar-refractivity contribution >= 4 is 5.97 Å². The minimum absolute atomic E-state index is 0.0779. The fourth-order valence-electron chi connectivity index (χ4n) is 1.54. The third-order valence-corrected chi connectivity index (χ3v) is 2.44. The first-order chi connectivity index (χ1) is 6.23. The highest BCUT2D eigenvalue weighted by Crippen LogP contribution is 2.43. The molecule has 1 aliphatic carbocycles. The molecule has 6 nitrogen and oxygen atoms in total. The average Bonchev–Trinajstić information content (AvgIpc) is 2.84. The van der Waals surface area contributed by atoms with Crippen molar-refractivity contribution in [3.8, 4) is 0 Å². The van der Waals surface area contributed by atoms with Gasteiger partial charge in [-0.3, -0.25) is 9.63 Å². The number of hydrogen-bond acceptors (Lipinski definition) is 5. The summed E-state index contributed by atoms with van der Waals surface area (Å²) in [5, 5.41) is 8.55. The maximum atomic E-state index is 10.4. The van der Waals surface area contributed by atoms with Crippen LogP contribution in [0.3, 0.4) is 0 Å². The van der Waals surface area contributed by atoms with Crippen LogP contribution in [0.5, 0.6) is 0 Å². The van der Waals surface area contributed by atoms with Crippen LogP contribution in [0, 0.1) is 5.92 Å². The molecule has 0 aromatic heterocycles. The normalized spacial score (nSPS) is 33.5. The smallest absolute Gasteiger partial charge is 0.303 e. The molecular weight excluding hydrogens is 176 g/mol. The van der Waals surface area contributed by atoms with Crippen LogP contribution in [0.2, 0.25) is 0 Å². The summed E-state index contributed by atoms with van der Waals surface area (Å²) in [6, 6.07) is 0. The van der Waals surface area contributed by atoms with E-state index in [1.807, 2.05) is 0 Å². The molecule has 0 spiro atoms. The lowest BCUT2D eigenvalue weighted by atomic mass is 10.0. The molecule has 0 radical (unpaired) electrons. The zero-order chi connectivity index (χ0) is 9.31. The van der Waals surface area contributed by atoms with Gasteiger partial charge in [0, 0.05) is 18.8 Å². The minimum atomic E-state index is -0.822. The SMILES string of the molecule is O=C(O)CC[C@]1(C2CC2)NONO1. The van der Waals surface area contributed by atoms with Gasteiger partial charge in [0.1, 0.15) is 0 Å². The first kappa shape index (κ1) is 8.89. The van der Waals surface area contributed by atoms with Crippen molar-refractivity contribution in [1.82, 2.24) is 11.1 Å². The summed E-state index contributed by atoms with van der Waals surface area (Å²) in [5.74, 6) is -0.459. The van der Waals surface area contributed by atoms with Crippen LogP contribution in [0.15, 0.2) is 0 Å². The third-order valence-electron chi connectivity index (χ3n) is 2.44. The Morgan fingerprint density at radius 1 is 1.62 bits per heavy atom. The Labute approximate surface area is 75.1 Å². The molecule has 2 aliphatic rings. The van der Waals surface area contributed by atoms with Crippen LogP contribution < -0.4 is 11.1 Å². The summed E-state index contributed by atoms with van der Waals surface area (Å²) in [7, 11) is 0. The van der Waals surface area contributed by atoms with Gasteiger partial charge in [-0.1, -0.05) is 5.64 Å². The Morgan fingerprint density at radius 3 is 2.85 bits per heavy atom. The molecule has 1 saturated heterocycles. The number of aliphatic carboxylic acids is 1. The van der Waals surface area contributed by atoms with Crippen LogP contribution in [-0.4, -0.2) is 16.8 Å². The number of hydrogen-bond donors (Lipinski definition) is 3. The Bertz CT molecular complexity index is 211. The van der Waals surface area contributed by atoms with Gasteiger partial charge < -0.3 is 5.11 Å². The van der Waals surface area contributed by atoms with Gasteiger partial charge in [-0.15, -0.1) is 5.48 Å². The van der Waals surface area contributed by atoms with E-state index in [0.717, 1.165) is 12.8 Å². The van der Waals surface area contributed by atoms with Gasteiger partial charge in [0.25, 0.3) is 0 Å². The van der Waals surface area contributed by atoms with Crippen molar-refractivity contribution in [2.75, 3.05) is 0 Å². The second-order valence-electron chi connectivity index (χ2n) is 3.45. The van der Waals surface area contributed by atoms with E-state index in [4.69, 9.17) is 9.94 Å². The van der Waals surface area contributed by atoms with E-state index in [9.17, 15) is 4.79 Å². The van der Waals surface area contributed by atoms with Crippen LogP contribution in [0.1, 0.15) is 25.7 Å². The Kier molecular flexibility index (Phi) is 2.20. The molecular formula is C7H12N2O4. The molecule has 6 heteroatoms. The number of hydroxylamine groups is 1. The van der Waals surface area contributed by atoms with Gasteiger partial charge in [0.15, 0.2) is 5.72 Å². The van der Waals surface area contributed by atoms with Crippen molar-refractivity contribution in [2.45, 2.75) is 31.4 Å². The molecule has 0 bridgehead atoms. The fraction of sp³-hybridized carbons (Fsp3) is 0.857. The summed E-state index contributed by atoms with van der Waals surface area (Å²) in [6.07, 6.45) is 2.60. The number of carbonyl (C=O) groups is 1. The van der Waals surface area contributed by atoms with Gasteiger partial charge in [-0.05, 0) is 12.8 Å². The monoisotopic (exact) mass is 188 g/mol. The molecule has 2 fully saturated rings. The number of carboxylic acid groups (broad SMARTS) is 1. The van der Waals surface area contributed by atoms with Crippen LogP contribution >= 0.6 is 0 Å². The molecule has 13 heavy (non-hydrogen) atoms. The summed E-state index contributed by atoms with van der Waals surface area (Å²) in [6.45, 7) is 0. The van der Waals surface area contributed by atoms with Gasteiger partial charge in [0.05, 0.1) is 0 Å². The lowest BCUT2D eigenvalue weighted by Crippen LogP contribution is -2.43. The number of rotatable bonds is 4. The second-order valence-corrected chi connectivity index (χ2v) is 3.45. The van der Waals surface area contributed by atoms with E-state index in [1.54, 1.807) is 0 Å². The lowest BCUT2D eigenvalue weighted by Gasteiger charge is -2.23. The Morgan fingerprint density at radius 2 is 2.38 bits per heavy atom.